The predicted octanol–water partition coefficient (Wildman–Crippen LogP) is 2.56. The number of likely N-dealkylation sites (tertiary alicyclic amines) is 1. The second-order valence-corrected chi connectivity index (χ2v) is 5.21. The largest absolute Gasteiger partial charge is 0.461 e. The molecule has 0 spiro atoms. The lowest BCUT2D eigenvalue weighted by molar-refractivity contribution is -0.146. The highest BCUT2D eigenvalue weighted by Crippen LogP contribution is 2.30. The Balaban J connectivity index is 2.02. The van der Waals surface area contributed by atoms with E-state index < -0.39 is 0 Å². The summed E-state index contributed by atoms with van der Waals surface area (Å²) >= 11 is 0. The molecule has 0 amide bonds. The maximum atomic E-state index is 11.0. The molecule has 2 rings (SSSR count). The first-order valence-electron chi connectivity index (χ1n) is 6.98. The number of carbonyl (C=O) groups is 1. The van der Waals surface area contributed by atoms with Gasteiger partial charge in [0.25, 0.3) is 0 Å². The molecular formula is C15H22N2O2. The second kappa shape index (κ2) is 6.66. The first-order chi connectivity index (χ1) is 9.16. The number of ether oxygens (including phenoxy) is 1. The van der Waals surface area contributed by atoms with Crippen molar-refractivity contribution < 1.29 is 9.53 Å². The van der Waals surface area contributed by atoms with Crippen LogP contribution in [0.2, 0.25) is 0 Å². The Kier molecular flexibility index (Phi) is 4.91. The number of aromatic nitrogens is 1. The summed E-state index contributed by atoms with van der Waals surface area (Å²) in [6.45, 7) is 5.27. The molecule has 2 unspecified atom stereocenters. The Morgan fingerprint density at radius 3 is 3.11 bits per heavy atom. The highest BCUT2D eigenvalue weighted by molar-refractivity contribution is 5.66. The summed E-state index contributed by atoms with van der Waals surface area (Å²) in [6, 6.07) is 4.52. The minimum atomic E-state index is -0.206. The van der Waals surface area contributed by atoms with Gasteiger partial charge in [0.1, 0.15) is 6.10 Å². The lowest BCUT2D eigenvalue weighted by Gasteiger charge is -2.37. The smallest absolute Gasteiger partial charge is 0.302 e. The van der Waals surface area contributed by atoms with Crippen molar-refractivity contribution >= 4 is 5.97 Å². The van der Waals surface area contributed by atoms with Crippen LogP contribution in [-0.4, -0.2) is 35.0 Å². The van der Waals surface area contributed by atoms with Gasteiger partial charge in [-0.1, -0.05) is 12.5 Å². The number of esters is 1. The van der Waals surface area contributed by atoms with Crippen LogP contribution in [0.5, 0.6) is 0 Å². The van der Waals surface area contributed by atoms with E-state index in [-0.39, 0.29) is 12.1 Å². The molecule has 1 aromatic heterocycles. The van der Waals surface area contributed by atoms with E-state index in [1.165, 1.54) is 25.3 Å². The van der Waals surface area contributed by atoms with Crippen LogP contribution in [0, 0.1) is 0 Å². The number of piperidine rings is 1. The third-order valence-corrected chi connectivity index (χ3v) is 3.54. The molecule has 1 fully saturated rings. The first kappa shape index (κ1) is 14.0. The molecule has 104 valence electrons. The number of pyridine rings is 1. The van der Waals surface area contributed by atoms with Gasteiger partial charge in [0.05, 0.1) is 0 Å². The van der Waals surface area contributed by atoms with Gasteiger partial charge >= 0.3 is 5.97 Å². The van der Waals surface area contributed by atoms with E-state index in [0.717, 1.165) is 19.5 Å². The third-order valence-electron chi connectivity index (χ3n) is 3.54. The average molecular weight is 262 g/mol. The van der Waals surface area contributed by atoms with Crippen LogP contribution in [0.3, 0.4) is 0 Å². The molecule has 1 saturated heterocycles. The van der Waals surface area contributed by atoms with Crippen molar-refractivity contribution in [2.75, 3.05) is 13.1 Å². The molecule has 1 aliphatic heterocycles. The van der Waals surface area contributed by atoms with Crippen LogP contribution >= 0.6 is 0 Å². The van der Waals surface area contributed by atoms with E-state index in [2.05, 4.69) is 16.0 Å². The molecule has 0 saturated carbocycles. The summed E-state index contributed by atoms with van der Waals surface area (Å²) in [5, 5.41) is 0. The monoisotopic (exact) mass is 262 g/mol. The van der Waals surface area contributed by atoms with Crippen LogP contribution in [0.15, 0.2) is 24.5 Å². The van der Waals surface area contributed by atoms with Crippen molar-refractivity contribution in [1.82, 2.24) is 9.88 Å². The van der Waals surface area contributed by atoms with Gasteiger partial charge in [0.2, 0.25) is 0 Å². The quantitative estimate of drug-likeness (QED) is 0.782. The summed E-state index contributed by atoms with van der Waals surface area (Å²) in [4.78, 5) is 17.6. The maximum absolute atomic E-state index is 11.0. The van der Waals surface area contributed by atoms with Gasteiger partial charge in [-0.15, -0.1) is 0 Å². The fourth-order valence-electron chi connectivity index (χ4n) is 2.81. The molecule has 2 heterocycles. The topological polar surface area (TPSA) is 42.4 Å². The number of nitrogens with zero attached hydrogens (tertiary/aromatic N) is 2. The van der Waals surface area contributed by atoms with Crippen LogP contribution < -0.4 is 0 Å². The van der Waals surface area contributed by atoms with Crippen LogP contribution in [-0.2, 0) is 9.53 Å². The van der Waals surface area contributed by atoms with E-state index in [1.54, 1.807) is 6.20 Å². The lowest BCUT2D eigenvalue weighted by Crippen LogP contribution is -2.39. The van der Waals surface area contributed by atoms with Gasteiger partial charge < -0.3 is 4.74 Å². The van der Waals surface area contributed by atoms with Gasteiger partial charge in [-0.3, -0.25) is 14.7 Å². The van der Waals surface area contributed by atoms with E-state index in [0.29, 0.717) is 6.04 Å². The molecule has 4 heteroatoms. The van der Waals surface area contributed by atoms with E-state index >= 15 is 0 Å². The zero-order chi connectivity index (χ0) is 13.7. The zero-order valence-corrected chi connectivity index (χ0v) is 11.7. The molecule has 4 nitrogen and oxygen atoms in total. The standard InChI is InChI=1S/C15H22N2O2/c1-12(19-13(2)18)11-17-9-4-3-7-15(17)14-6-5-8-16-10-14/h5-6,8,10,12,15H,3-4,7,9,11H2,1-2H3. The third kappa shape index (κ3) is 4.03. The Bertz CT molecular complexity index is 408. The van der Waals surface area contributed by atoms with Crippen molar-refractivity contribution in [2.24, 2.45) is 0 Å². The second-order valence-electron chi connectivity index (χ2n) is 5.21. The van der Waals surface area contributed by atoms with Gasteiger partial charge in [0, 0.05) is 31.9 Å². The van der Waals surface area contributed by atoms with Gasteiger partial charge in [0.15, 0.2) is 0 Å². The Hall–Kier alpha value is -1.42. The molecular weight excluding hydrogens is 240 g/mol. The highest BCUT2D eigenvalue weighted by atomic mass is 16.5. The minimum Gasteiger partial charge on any atom is -0.461 e. The minimum absolute atomic E-state index is 0.0604. The van der Waals surface area contributed by atoms with Crippen molar-refractivity contribution in [3.8, 4) is 0 Å². The fourth-order valence-corrected chi connectivity index (χ4v) is 2.81. The Morgan fingerprint density at radius 1 is 1.58 bits per heavy atom. The highest BCUT2D eigenvalue weighted by Gasteiger charge is 2.25. The van der Waals surface area contributed by atoms with Crippen LogP contribution in [0.1, 0.15) is 44.7 Å². The molecule has 0 N–H and O–H groups in total. The molecule has 1 aromatic rings. The lowest BCUT2D eigenvalue weighted by atomic mass is 9.96. The molecule has 19 heavy (non-hydrogen) atoms. The molecule has 0 radical (unpaired) electrons. The Morgan fingerprint density at radius 2 is 2.42 bits per heavy atom. The molecule has 0 bridgehead atoms. The van der Waals surface area contributed by atoms with Crippen molar-refractivity contribution in [3.05, 3.63) is 30.1 Å². The number of carbonyl (C=O) groups excluding carboxylic acids is 1. The molecule has 2 atom stereocenters. The molecule has 0 aromatic carbocycles. The van der Waals surface area contributed by atoms with Gasteiger partial charge in [-0.2, -0.15) is 0 Å². The fraction of sp³-hybridized carbons (Fsp3) is 0.600. The van der Waals surface area contributed by atoms with Crippen LogP contribution in [0.25, 0.3) is 0 Å². The van der Waals surface area contributed by atoms with Gasteiger partial charge in [-0.05, 0) is 37.9 Å². The average Bonchev–Trinajstić information content (AvgIpc) is 2.39. The number of hydrogen-bond donors (Lipinski definition) is 0. The van der Waals surface area contributed by atoms with E-state index in [9.17, 15) is 4.79 Å². The van der Waals surface area contributed by atoms with Crippen molar-refractivity contribution in [1.29, 1.82) is 0 Å². The summed E-state index contributed by atoms with van der Waals surface area (Å²) in [7, 11) is 0. The maximum Gasteiger partial charge on any atom is 0.302 e. The first-order valence-corrected chi connectivity index (χ1v) is 6.98. The summed E-state index contributed by atoms with van der Waals surface area (Å²) in [5.41, 5.74) is 1.26. The number of hydrogen-bond acceptors (Lipinski definition) is 4. The Labute approximate surface area is 114 Å². The SMILES string of the molecule is CC(=O)OC(C)CN1CCCCC1c1cccnc1. The normalized spacial score (nSPS) is 21.9. The molecule has 0 aliphatic carbocycles. The summed E-state index contributed by atoms with van der Waals surface area (Å²) in [6.07, 6.45) is 7.30. The van der Waals surface area contributed by atoms with Gasteiger partial charge in [-0.25, -0.2) is 0 Å². The zero-order valence-electron chi connectivity index (χ0n) is 11.7. The number of rotatable bonds is 4. The summed E-state index contributed by atoms with van der Waals surface area (Å²) < 4.78 is 5.24. The predicted molar refractivity (Wildman–Crippen MR) is 73.6 cm³/mol. The summed E-state index contributed by atoms with van der Waals surface area (Å²) in [5.74, 6) is -0.206. The van der Waals surface area contributed by atoms with E-state index in [4.69, 9.17) is 4.74 Å². The van der Waals surface area contributed by atoms with E-state index in [1.807, 2.05) is 19.2 Å². The van der Waals surface area contributed by atoms with Crippen molar-refractivity contribution in [3.63, 3.8) is 0 Å². The molecule has 1 aliphatic rings. The van der Waals surface area contributed by atoms with Crippen molar-refractivity contribution in [2.45, 2.75) is 45.3 Å². The van der Waals surface area contributed by atoms with Crippen LogP contribution in [0.4, 0.5) is 0 Å².